The molecule has 4 aliphatic rings. The topological polar surface area (TPSA) is 120 Å². The number of ether oxygens (including phenoxy) is 3. The molecule has 1 aromatic heterocycles. The highest BCUT2D eigenvalue weighted by molar-refractivity contribution is 5.92. The second-order valence-corrected chi connectivity index (χ2v) is 14.7. The summed E-state index contributed by atoms with van der Waals surface area (Å²) < 4.78 is 18.2. The Balaban J connectivity index is 1.38. The molecule has 1 N–H and O–H groups in total. The molecule has 3 fully saturated rings. The predicted molar refractivity (Wildman–Crippen MR) is 169 cm³/mol. The number of rotatable bonds is 3. The van der Waals surface area contributed by atoms with Crippen LogP contribution in [0.1, 0.15) is 85.3 Å². The van der Waals surface area contributed by atoms with Crippen molar-refractivity contribution >= 4 is 28.8 Å². The minimum Gasteiger partial charge on any atom is -0.497 e. The fourth-order valence-corrected chi connectivity index (χ4v) is 8.12. The van der Waals surface area contributed by atoms with Gasteiger partial charge in [0, 0.05) is 12.0 Å². The van der Waals surface area contributed by atoms with E-state index < -0.39 is 29.7 Å². The maximum atomic E-state index is 14.3. The number of carbonyl (C=O) groups excluding carboxylic acids is 3. The third-order valence-corrected chi connectivity index (χ3v) is 10.6. The van der Waals surface area contributed by atoms with Crippen molar-refractivity contribution in [2.24, 2.45) is 29.1 Å². The molecule has 10 heteroatoms. The first kappa shape index (κ1) is 31.5. The van der Waals surface area contributed by atoms with Crippen LogP contribution in [-0.4, -0.2) is 70.6 Å². The van der Waals surface area contributed by atoms with Gasteiger partial charge in [-0.3, -0.25) is 9.59 Å². The Morgan fingerprint density at radius 2 is 1.84 bits per heavy atom. The third kappa shape index (κ3) is 6.34. The number of alkyl carbamates (subject to hydrolysis) is 1. The molecule has 1 unspecified atom stereocenters. The first-order chi connectivity index (χ1) is 21.5. The summed E-state index contributed by atoms with van der Waals surface area (Å²) in [4.78, 5) is 52.4. The van der Waals surface area contributed by atoms with Crippen LogP contribution in [0.4, 0.5) is 4.79 Å². The summed E-state index contributed by atoms with van der Waals surface area (Å²) in [5.41, 5.74) is 1.61. The summed E-state index contributed by atoms with van der Waals surface area (Å²) in [5.74, 6) is 2.09. The first-order valence-electron chi connectivity index (χ1n) is 16.8. The lowest BCUT2D eigenvalue weighted by Gasteiger charge is -2.36. The van der Waals surface area contributed by atoms with E-state index in [4.69, 9.17) is 24.2 Å². The summed E-state index contributed by atoms with van der Waals surface area (Å²) in [6, 6.07) is 4.09. The van der Waals surface area contributed by atoms with Gasteiger partial charge in [-0.05, 0) is 80.8 Å². The molecular weight excluding hydrogens is 572 g/mol. The molecule has 3 heterocycles. The second-order valence-electron chi connectivity index (χ2n) is 14.7. The van der Waals surface area contributed by atoms with Crippen molar-refractivity contribution in [2.75, 3.05) is 13.7 Å². The molecule has 2 aromatic rings. The smallest absolute Gasteiger partial charge is 0.408 e. The predicted octanol–water partition coefficient (Wildman–Crippen LogP) is 5.49. The lowest BCUT2D eigenvalue weighted by Crippen LogP contribution is -2.57. The SMILES string of the molecule is CC[C@@H]1[C@@H]2CN(C(=O)[C@H](C(C)(C)C)NC(=O)O[C@@H]3CC4C[C@@H]4[C@H]3CCCCCc3nc4ccc(OC)cc4nc3O2)[C@@H]1C(C)=O. The van der Waals surface area contributed by atoms with Crippen molar-refractivity contribution in [1.82, 2.24) is 20.2 Å². The number of methoxy groups -OCH3 is 1. The lowest BCUT2D eigenvalue weighted by atomic mass is 9.85. The van der Waals surface area contributed by atoms with Crippen LogP contribution in [-0.2, 0) is 20.7 Å². The van der Waals surface area contributed by atoms with Crippen LogP contribution in [0.25, 0.3) is 11.0 Å². The minimum absolute atomic E-state index is 0.106. The van der Waals surface area contributed by atoms with E-state index in [9.17, 15) is 14.4 Å². The fourth-order valence-electron chi connectivity index (χ4n) is 8.12. The number of nitrogens with zero attached hydrogens (tertiary/aromatic N) is 3. The number of benzene rings is 1. The zero-order valence-electron chi connectivity index (χ0n) is 27.5. The number of hydrogen-bond donors (Lipinski definition) is 1. The Bertz CT molecular complexity index is 1460. The Hall–Kier alpha value is -3.43. The van der Waals surface area contributed by atoms with Crippen molar-refractivity contribution < 1.29 is 28.6 Å². The summed E-state index contributed by atoms with van der Waals surface area (Å²) in [5, 5.41) is 2.94. The van der Waals surface area contributed by atoms with E-state index in [0.29, 0.717) is 47.7 Å². The van der Waals surface area contributed by atoms with Crippen molar-refractivity contribution in [1.29, 1.82) is 0 Å². The highest BCUT2D eigenvalue weighted by Crippen LogP contribution is 2.57. The molecule has 1 saturated heterocycles. The summed E-state index contributed by atoms with van der Waals surface area (Å²) >= 11 is 0. The summed E-state index contributed by atoms with van der Waals surface area (Å²) in [6.07, 6.45) is 6.31. The molecular formula is C35H48N4O6. The van der Waals surface area contributed by atoms with Gasteiger partial charge in [0.25, 0.3) is 0 Å². The molecule has 1 aromatic carbocycles. The maximum Gasteiger partial charge on any atom is 0.408 e. The molecule has 2 saturated carbocycles. The van der Waals surface area contributed by atoms with Gasteiger partial charge in [0.05, 0.1) is 30.7 Å². The molecule has 2 aliphatic heterocycles. The average molecular weight is 621 g/mol. The Kier molecular flexibility index (Phi) is 8.69. The van der Waals surface area contributed by atoms with E-state index in [1.807, 2.05) is 45.9 Å². The van der Waals surface area contributed by atoms with Gasteiger partial charge in [-0.25, -0.2) is 14.8 Å². The minimum atomic E-state index is -0.875. The first-order valence-corrected chi connectivity index (χ1v) is 16.8. The van der Waals surface area contributed by atoms with Crippen LogP contribution >= 0.6 is 0 Å². The number of ketones is 1. The van der Waals surface area contributed by atoms with Crippen molar-refractivity contribution in [3.63, 3.8) is 0 Å². The molecule has 6 rings (SSSR count). The van der Waals surface area contributed by atoms with Crippen molar-refractivity contribution in [3.8, 4) is 11.6 Å². The Morgan fingerprint density at radius 1 is 1.04 bits per heavy atom. The summed E-state index contributed by atoms with van der Waals surface area (Å²) in [6.45, 7) is 9.51. The van der Waals surface area contributed by atoms with Crippen LogP contribution in [0.5, 0.6) is 11.6 Å². The highest BCUT2D eigenvalue weighted by atomic mass is 16.6. The largest absolute Gasteiger partial charge is 0.497 e. The van der Waals surface area contributed by atoms with Gasteiger partial charge in [-0.15, -0.1) is 0 Å². The maximum absolute atomic E-state index is 14.3. The van der Waals surface area contributed by atoms with Gasteiger partial charge in [-0.1, -0.05) is 40.5 Å². The normalized spacial score (nSPS) is 32.3. The molecule has 0 spiro atoms. The zero-order chi connectivity index (χ0) is 32.0. The number of carbonyl (C=O) groups is 3. The van der Waals surface area contributed by atoms with Gasteiger partial charge in [0.2, 0.25) is 11.8 Å². The van der Waals surface area contributed by atoms with Gasteiger partial charge < -0.3 is 24.4 Å². The molecule has 10 nitrogen and oxygen atoms in total. The second kappa shape index (κ2) is 12.4. The average Bonchev–Trinajstić information content (AvgIpc) is 3.52. The van der Waals surface area contributed by atoms with Gasteiger partial charge in [0.15, 0.2) is 5.78 Å². The number of aryl methyl sites for hydroxylation is 1. The monoisotopic (exact) mass is 620 g/mol. The van der Waals surface area contributed by atoms with Gasteiger partial charge >= 0.3 is 6.09 Å². The van der Waals surface area contributed by atoms with E-state index in [0.717, 1.165) is 43.3 Å². The number of hydrogen-bond acceptors (Lipinski definition) is 8. The van der Waals surface area contributed by atoms with Crippen LogP contribution in [0, 0.1) is 29.1 Å². The number of amides is 2. The van der Waals surface area contributed by atoms with Crippen LogP contribution in [0.15, 0.2) is 18.2 Å². The van der Waals surface area contributed by atoms with Crippen LogP contribution in [0.3, 0.4) is 0 Å². The number of aromatic nitrogens is 2. The van der Waals surface area contributed by atoms with Gasteiger partial charge in [0.1, 0.15) is 29.7 Å². The van der Waals surface area contributed by atoms with Crippen LogP contribution < -0.4 is 14.8 Å². The van der Waals surface area contributed by atoms with Gasteiger partial charge in [-0.2, -0.15) is 0 Å². The molecule has 2 amide bonds. The fraction of sp³-hybridized carbons (Fsp3) is 0.686. The quantitative estimate of drug-likeness (QED) is 0.478. The van der Waals surface area contributed by atoms with Crippen molar-refractivity contribution in [2.45, 2.75) is 110 Å². The zero-order valence-corrected chi connectivity index (χ0v) is 27.5. The molecule has 244 valence electrons. The van der Waals surface area contributed by atoms with Crippen LogP contribution in [0.2, 0.25) is 0 Å². The molecule has 2 bridgehead atoms. The van der Waals surface area contributed by atoms with E-state index in [2.05, 4.69) is 5.32 Å². The Morgan fingerprint density at radius 3 is 2.56 bits per heavy atom. The highest BCUT2D eigenvalue weighted by Gasteiger charge is 2.55. The number of nitrogens with one attached hydrogen (secondary N) is 1. The Labute approximate surface area is 266 Å². The van der Waals surface area contributed by atoms with E-state index >= 15 is 0 Å². The third-order valence-electron chi connectivity index (χ3n) is 10.6. The lowest BCUT2D eigenvalue weighted by molar-refractivity contribution is -0.141. The number of fused-ring (bicyclic) bond motifs is 7. The summed E-state index contributed by atoms with van der Waals surface area (Å²) in [7, 11) is 1.62. The molecule has 2 aliphatic carbocycles. The molecule has 45 heavy (non-hydrogen) atoms. The van der Waals surface area contributed by atoms with E-state index in [1.165, 1.54) is 13.3 Å². The number of Topliss-reactive ketones (excluding diaryl/α,β-unsaturated/α-hetero) is 1. The standard InChI is InChI=1S/C35H48N4O6/c1-7-22-29-18-39(30(22)19(2)40)33(41)31(35(3,4)5)38-34(42)45-28-16-20-15-24(20)23(28)11-9-8-10-12-26-32(44-29)37-27-17-21(43-6)13-14-25(27)36-26/h13-14,17,20,22-24,28-31H,7-12,15-16,18H2,1-6H3,(H,38,42)/t20?,22-,23-,24+,28-,29+,30-,31-/m1/s1. The molecule has 8 atom stereocenters. The van der Waals surface area contributed by atoms with E-state index in [-0.39, 0.29) is 30.3 Å². The van der Waals surface area contributed by atoms with Crippen molar-refractivity contribution in [3.05, 3.63) is 23.9 Å². The van der Waals surface area contributed by atoms with E-state index in [1.54, 1.807) is 12.0 Å². The molecule has 0 radical (unpaired) electrons.